The van der Waals surface area contributed by atoms with Gasteiger partial charge in [0, 0.05) is 7.05 Å². The summed E-state index contributed by atoms with van der Waals surface area (Å²) in [5, 5.41) is 17.9. The van der Waals surface area contributed by atoms with Crippen LogP contribution in [0.3, 0.4) is 0 Å². The molecule has 2 heterocycles. The third-order valence-corrected chi connectivity index (χ3v) is 2.83. The third-order valence-electron chi connectivity index (χ3n) is 2.46. The van der Waals surface area contributed by atoms with Crippen molar-refractivity contribution in [3.05, 3.63) is 28.2 Å². The highest BCUT2D eigenvalue weighted by Crippen LogP contribution is 2.21. The minimum atomic E-state index is -1.03. The lowest BCUT2D eigenvalue weighted by molar-refractivity contribution is 0.0696. The van der Waals surface area contributed by atoms with Gasteiger partial charge >= 0.3 is 5.97 Å². The minimum absolute atomic E-state index is 0.131. The van der Waals surface area contributed by atoms with Gasteiger partial charge in [-0.25, -0.2) is 14.2 Å². The lowest BCUT2D eigenvalue weighted by atomic mass is 10.2. The zero-order valence-electron chi connectivity index (χ0n) is 9.60. The predicted molar refractivity (Wildman–Crippen MR) is 61.8 cm³/mol. The van der Waals surface area contributed by atoms with E-state index in [9.17, 15) is 4.79 Å². The van der Waals surface area contributed by atoms with E-state index in [-0.39, 0.29) is 5.56 Å². The first-order chi connectivity index (χ1) is 7.91. The molecule has 1 N–H and O–H groups in total. The Bertz CT molecular complexity index is 580. The van der Waals surface area contributed by atoms with Crippen molar-refractivity contribution in [3.63, 3.8) is 0 Å². The number of halogens is 1. The molecule has 0 aliphatic heterocycles. The Labute approximate surface area is 102 Å². The number of aryl methyl sites for hydroxylation is 3. The quantitative estimate of drug-likeness (QED) is 0.883. The van der Waals surface area contributed by atoms with Crippen molar-refractivity contribution in [1.29, 1.82) is 0 Å². The number of carboxylic acids is 1. The molecule has 0 atom stereocenters. The number of carboxylic acid groups (broad SMARTS) is 1. The topological polar surface area (TPSA) is 72.9 Å². The van der Waals surface area contributed by atoms with Gasteiger partial charge in [0.25, 0.3) is 0 Å². The van der Waals surface area contributed by atoms with Crippen LogP contribution in [0.4, 0.5) is 0 Å². The molecule has 90 valence electrons. The molecule has 2 aromatic heterocycles. The van der Waals surface area contributed by atoms with E-state index >= 15 is 0 Å². The highest BCUT2D eigenvalue weighted by atomic mass is 35.5. The zero-order chi connectivity index (χ0) is 12.7. The van der Waals surface area contributed by atoms with Crippen LogP contribution in [0.25, 0.3) is 5.82 Å². The van der Waals surface area contributed by atoms with Crippen molar-refractivity contribution in [2.45, 2.75) is 13.8 Å². The molecule has 0 aliphatic carbocycles. The van der Waals surface area contributed by atoms with Gasteiger partial charge in [-0.2, -0.15) is 10.2 Å². The molecule has 2 aromatic rings. The molecule has 7 heteroatoms. The monoisotopic (exact) mass is 254 g/mol. The van der Waals surface area contributed by atoms with Crippen LogP contribution >= 0.6 is 11.6 Å². The van der Waals surface area contributed by atoms with E-state index < -0.39 is 5.97 Å². The summed E-state index contributed by atoms with van der Waals surface area (Å²) in [6.45, 7) is 3.40. The first kappa shape index (κ1) is 11.7. The molecule has 2 rings (SSSR count). The molecular weight excluding hydrogens is 244 g/mol. The zero-order valence-corrected chi connectivity index (χ0v) is 10.4. The molecule has 17 heavy (non-hydrogen) atoms. The summed E-state index contributed by atoms with van der Waals surface area (Å²) in [5.41, 5.74) is 1.22. The van der Waals surface area contributed by atoms with E-state index in [1.807, 2.05) is 0 Å². The molecule has 0 saturated carbocycles. The smallest absolute Gasteiger partial charge is 0.341 e. The molecular formula is C10H11ClN4O2. The summed E-state index contributed by atoms with van der Waals surface area (Å²) in [6.07, 6.45) is 1.57. The molecule has 0 aliphatic rings. The number of aromatic nitrogens is 4. The summed E-state index contributed by atoms with van der Waals surface area (Å²) in [4.78, 5) is 11.2. The van der Waals surface area contributed by atoms with Crippen LogP contribution in [0.5, 0.6) is 0 Å². The van der Waals surface area contributed by atoms with Crippen molar-refractivity contribution in [3.8, 4) is 5.82 Å². The second-order valence-electron chi connectivity index (χ2n) is 3.72. The van der Waals surface area contributed by atoms with Crippen LogP contribution in [-0.4, -0.2) is 30.6 Å². The van der Waals surface area contributed by atoms with Gasteiger partial charge in [0.1, 0.15) is 5.56 Å². The normalized spacial score (nSPS) is 10.8. The molecule has 0 saturated heterocycles. The maximum atomic E-state index is 11.2. The fourth-order valence-corrected chi connectivity index (χ4v) is 1.84. The van der Waals surface area contributed by atoms with Gasteiger partial charge in [0.05, 0.1) is 22.6 Å². The van der Waals surface area contributed by atoms with Gasteiger partial charge in [-0.15, -0.1) is 0 Å². The molecule has 0 amide bonds. The summed E-state index contributed by atoms with van der Waals surface area (Å²) in [6, 6.07) is 0. The van der Waals surface area contributed by atoms with Crippen molar-refractivity contribution < 1.29 is 9.90 Å². The van der Waals surface area contributed by atoms with Gasteiger partial charge in [-0.05, 0) is 13.8 Å². The Balaban J connectivity index is 2.70. The molecule has 0 bridgehead atoms. The van der Waals surface area contributed by atoms with Crippen LogP contribution < -0.4 is 0 Å². The predicted octanol–water partition coefficient (Wildman–Crippen LogP) is 1.57. The van der Waals surface area contributed by atoms with Crippen molar-refractivity contribution in [2.75, 3.05) is 0 Å². The Morgan fingerprint density at radius 2 is 2.00 bits per heavy atom. The number of aromatic carboxylic acids is 1. The van der Waals surface area contributed by atoms with Gasteiger partial charge in [-0.1, -0.05) is 11.6 Å². The third kappa shape index (κ3) is 1.80. The standard InChI is InChI=1S/C10H11ClN4O2/c1-5-7(11)4-15(13-5)9-8(10(16)17)6(2)12-14(9)3/h4H,1-3H3,(H,16,17). The van der Waals surface area contributed by atoms with Gasteiger partial charge in [0.15, 0.2) is 5.82 Å². The SMILES string of the molecule is Cc1nn(-c2c(C(=O)O)c(C)nn2C)cc1Cl. The first-order valence-electron chi connectivity index (χ1n) is 4.91. The maximum absolute atomic E-state index is 11.2. The van der Waals surface area contributed by atoms with Crippen molar-refractivity contribution in [2.24, 2.45) is 7.05 Å². The Hall–Kier alpha value is -1.82. The van der Waals surface area contributed by atoms with Crippen molar-refractivity contribution in [1.82, 2.24) is 19.6 Å². The minimum Gasteiger partial charge on any atom is -0.477 e. The molecule has 0 unspecified atom stereocenters. The summed E-state index contributed by atoms with van der Waals surface area (Å²) in [5.74, 6) is -0.639. The average Bonchev–Trinajstić information content (AvgIpc) is 2.68. The Kier molecular flexibility index (Phi) is 2.66. The number of hydrogen-bond acceptors (Lipinski definition) is 3. The fourth-order valence-electron chi connectivity index (χ4n) is 1.71. The van der Waals surface area contributed by atoms with Gasteiger partial charge in [0.2, 0.25) is 0 Å². The maximum Gasteiger partial charge on any atom is 0.341 e. The number of nitrogens with zero attached hydrogens (tertiary/aromatic N) is 4. The molecule has 0 spiro atoms. The molecule has 0 aromatic carbocycles. The largest absolute Gasteiger partial charge is 0.477 e. The summed E-state index contributed by atoms with van der Waals surface area (Å²) in [7, 11) is 1.67. The van der Waals surface area contributed by atoms with Crippen LogP contribution in [-0.2, 0) is 7.05 Å². The Morgan fingerprint density at radius 3 is 2.47 bits per heavy atom. The molecule has 6 nitrogen and oxygen atoms in total. The van der Waals surface area contributed by atoms with E-state index in [2.05, 4.69) is 10.2 Å². The van der Waals surface area contributed by atoms with Crippen molar-refractivity contribution >= 4 is 17.6 Å². The highest BCUT2D eigenvalue weighted by molar-refractivity contribution is 6.31. The number of carbonyl (C=O) groups is 1. The van der Waals surface area contributed by atoms with Gasteiger partial charge in [-0.3, -0.25) is 0 Å². The first-order valence-corrected chi connectivity index (χ1v) is 5.28. The van der Waals surface area contributed by atoms with Crippen LogP contribution in [0.15, 0.2) is 6.20 Å². The lowest BCUT2D eigenvalue weighted by Gasteiger charge is -2.02. The summed E-state index contributed by atoms with van der Waals surface area (Å²) >= 11 is 5.91. The second kappa shape index (κ2) is 3.89. The van der Waals surface area contributed by atoms with Crippen LogP contribution in [0, 0.1) is 13.8 Å². The number of rotatable bonds is 2. The Morgan fingerprint density at radius 1 is 1.35 bits per heavy atom. The second-order valence-corrected chi connectivity index (χ2v) is 4.13. The van der Waals surface area contributed by atoms with E-state index in [1.165, 1.54) is 9.36 Å². The summed E-state index contributed by atoms with van der Waals surface area (Å²) < 4.78 is 2.91. The fraction of sp³-hybridized carbons (Fsp3) is 0.300. The lowest BCUT2D eigenvalue weighted by Crippen LogP contribution is -2.09. The van der Waals surface area contributed by atoms with E-state index in [4.69, 9.17) is 16.7 Å². The number of hydrogen-bond donors (Lipinski definition) is 1. The molecule has 0 fully saturated rings. The van der Waals surface area contributed by atoms with Crippen LogP contribution in [0.2, 0.25) is 5.02 Å². The van der Waals surface area contributed by atoms with E-state index in [1.54, 1.807) is 27.1 Å². The van der Waals surface area contributed by atoms with Gasteiger partial charge < -0.3 is 5.11 Å². The van der Waals surface area contributed by atoms with Crippen LogP contribution in [0.1, 0.15) is 21.7 Å². The van der Waals surface area contributed by atoms with E-state index in [0.717, 1.165) is 0 Å². The highest BCUT2D eigenvalue weighted by Gasteiger charge is 2.22. The molecule has 0 radical (unpaired) electrons. The van der Waals surface area contributed by atoms with E-state index in [0.29, 0.717) is 22.2 Å². The average molecular weight is 255 g/mol.